The number of aryl methyl sites for hydroxylation is 1. The SMILES string of the molecule is Cc1cc2cnccc2cc1OC1CCN(Cc2cccc3ccccc23)CC1. The van der Waals surface area contributed by atoms with Crippen LogP contribution in [0.25, 0.3) is 21.5 Å². The lowest BCUT2D eigenvalue weighted by Crippen LogP contribution is -2.37. The van der Waals surface area contributed by atoms with Gasteiger partial charge in [0, 0.05) is 37.4 Å². The van der Waals surface area contributed by atoms with Gasteiger partial charge in [0.15, 0.2) is 0 Å². The van der Waals surface area contributed by atoms with Crippen molar-refractivity contribution < 1.29 is 4.74 Å². The number of nitrogens with zero attached hydrogens (tertiary/aromatic N) is 2. The minimum Gasteiger partial charge on any atom is -0.490 e. The molecule has 3 nitrogen and oxygen atoms in total. The van der Waals surface area contributed by atoms with Crippen LogP contribution in [0.5, 0.6) is 5.75 Å². The molecule has 0 bridgehead atoms. The number of aromatic nitrogens is 1. The van der Waals surface area contributed by atoms with Crippen LogP contribution in [0.3, 0.4) is 0 Å². The highest BCUT2D eigenvalue weighted by Crippen LogP contribution is 2.28. The second-order valence-electron chi connectivity index (χ2n) is 8.07. The first kappa shape index (κ1) is 18.1. The second kappa shape index (κ2) is 7.84. The average Bonchev–Trinajstić information content (AvgIpc) is 2.76. The van der Waals surface area contributed by atoms with Crippen LogP contribution in [-0.4, -0.2) is 29.1 Å². The van der Waals surface area contributed by atoms with Crippen molar-refractivity contribution in [1.82, 2.24) is 9.88 Å². The monoisotopic (exact) mass is 382 g/mol. The van der Waals surface area contributed by atoms with Crippen LogP contribution in [0.15, 0.2) is 73.1 Å². The molecule has 0 aliphatic carbocycles. The van der Waals surface area contributed by atoms with Gasteiger partial charge in [-0.05, 0) is 65.3 Å². The van der Waals surface area contributed by atoms with Gasteiger partial charge in [-0.15, -0.1) is 0 Å². The molecule has 4 aromatic rings. The normalized spacial score (nSPS) is 15.8. The molecule has 0 saturated carbocycles. The molecule has 1 saturated heterocycles. The molecule has 0 atom stereocenters. The molecule has 0 unspecified atom stereocenters. The third kappa shape index (κ3) is 3.83. The molecule has 0 amide bonds. The van der Waals surface area contributed by atoms with Crippen molar-refractivity contribution in [2.75, 3.05) is 13.1 Å². The first-order valence-electron chi connectivity index (χ1n) is 10.5. The summed E-state index contributed by atoms with van der Waals surface area (Å²) < 4.78 is 6.42. The van der Waals surface area contributed by atoms with Gasteiger partial charge in [-0.1, -0.05) is 42.5 Å². The van der Waals surface area contributed by atoms with E-state index in [-0.39, 0.29) is 6.10 Å². The molecule has 0 spiro atoms. The lowest BCUT2D eigenvalue weighted by molar-refractivity contribution is 0.0966. The standard InChI is InChI=1S/C26H26N2O/c1-19-15-23-17-27-12-9-21(23)16-26(19)29-24-10-13-28(14-11-24)18-22-7-4-6-20-5-2-3-8-25(20)22/h2-9,12,15-17,24H,10-11,13-14,18H2,1H3. The molecule has 1 aliphatic rings. The third-order valence-electron chi connectivity index (χ3n) is 6.04. The molecule has 1 aromatic heterocycles. The first-order chi connectivity index (χ1) is 14.3. The van der Waals surface area contributed by atoms with Gasteiger partial charge in [0.25, 0.3) is 0 Å². The molecule has 3 aromatic carbocycles. The van der Waals surface area contributed by atoms with Crippen LogP contribution in [0.1, 0.15) is 24.0 Å². The predicted octanol–water partition coefficient (Wildman–Crippen LogP) is 5.74. The van der Waals surface area contributed by atoms with Crippen LogP contribution in [0.4, 0.5) is 0 Å². The molecular formula is C26H26N2O. The number of piperidine rings is 1. The minimum absolute atomic E-state index is 0.289. The molecule has 1 fully saturated rings. The molecule has 146 valence electrons. The van der Waals surface area contributed by atoms with E-state index in [1.54, 1.807) is 0 Å². The van der Waals surface area contributed by atoms with E-state index in [0.29, 0.717) is 0 Å². The Morgan fingerprint density at radius 1 is 0.931 bits per heavy atom. The quantitative estimate of drug-likeness (QED) is 0.450. The van der Waals surface area contributed by atoms with Gasteiger partial charge in [0.1, 0.15) is 11.9 Å². The van der Waals surface area contributed by atoms with Crippen molar-refractivity contribution in [2.45, 2.75) is 32.4 Å². The highest BCUT2D eigenvalue weighted by atomic mass is 16.5. The van der Waals surface area contributed by atoms with E-state index in [1.165, 1.54) is 32.7 Å². The lowest BCUT2D eigenvalue weighted by atomic mass is 10.0. The number of fused-ring (bicyclic) bond motifs is 2. The number of ether oxygens (including phenoxy) is 1. The van der Waals surface area contributed by atoms with Crippen molar-refractivity contribution in [3.8, 4) is 5.75 Å². The predicted molar refractivity (Wildman–Crippen MR) is 119 cm³/mol. The molecule has 29 heavy (non-hydrogen) atoms. The third-order valence-corrected chi connectivity index (χ3v) is 6.04. The Hall–Kier alpha value is -2.91. The summed E-state index contributed by atoms with van der Waals surface area (Å²) in [4.78, 5) is 6.77. The van der Waals surface area contributed by atoms with Crippen molar-refractivity contribution in [3.05, 3.63) is 84.2 Å². The van der Waals surface area contributed by atoms with E-state index >= 15 is 0 Å². The summed E-state index contributed by atoms with van der Waals surface area (Å²) in [5.74, 6) is 1.01. The molecule has 0 N–H and O–H groups in total. The Balaban J connectivity index is 1.24. The van der Waals surface area contributed by atoms with Crippen LogP contribution in [0, 0.1) is 6.92 Å². The van der Waals surface area contributed by atoms with Crippen molar-refractivity contribution in [3.63, 3.8) is 0 Å². The van der Waals surface area contributed by atoms with Crippen molar-refractivity contribution in [1.29, 1.82) is 0 Å². The maximum Gasteiger partial charge on any atom is 0.123 e. The van der Waals surface area contributed by atoms with Gasteiger partial charge < -0.3 is 4.74 Å². The van der Waals surface area contributed by atoms with Crippen LogP contribution in [0.2, 0.25) is 0 Å². The smallest absolute Gasteiger partial charge is 0.123 e. The Morgan fingerprint density at radius 3 is 2.66 bits per heavy atom. The van der Waals surface area contributed by atoms with Gasteiger partial charge in [0.2, 0.25) is 0 Å². The fourth-order valence-corrected chi connectivity index (χ4v) is 4.39. The van der Waals surface area contributed by atoms with Crippen LogP contribution < -0.4 is 4.74 Å². The molecule has 5 rings (SSSR count). The van der Waals surface area contributed by atoms with E-state index in [4.69, 9.17) is 4.74 Å². The first-order valence-corrected chi connectivity index (χ1v) is 10.5. The zero-order valence-electron chi connectivity index (χ0n) is 16.8. The Morgan fingerprint density at radius 2 is 1.76 bits per heavy atom. The topological polar surface area (TPSA) is 25.4 Å². The van der Waals surface area contributed by atoms with Gasteiger partial charge in [-0.25, -0.2) is 0 Å². The van der Waals surface area contributed by atoms with E-state index in [0.717, 1.165) is 38.2 Å². The van der Waals surface area contributed by atoms with E-state index in [9.17, 15) is 0 Å². The molecule has 1 aliphatic heterocycles. The zero-order valence-corrected chi connectivity index (χ0v) is 16.8. The number of pyridine rings is 1. The largest absolute Gasteiger partial charge is 0.490 e. The van der Waals surface area contributed by atoms with Gasteiger partial charge in [-0.2, -0.15) is 0 Å². The maximum absolute atomic E-state index is 6.42. The molecule has 2 heterocycles. The Bertz CT molecular complexity index is 1140. The molecule has 3 heteroatoms. The highest BCUT2D eigenvalue weighted by Gasteiger charge is 2.21. The summed E-state index contributed by atoms with van der Waals surface area (Å²) in [7, 11) is 0. The van der Waals surface area contributed by atoms with Gasteiger partial charge >= 0.3 is 0 Å². The summed E-state index contributed by atoms with van der Waals surface area (Å²) in [6.45, 7) is 5.28. The zero-order chi connectivity index (χ0) is 19.6. The van der Waals surface area contributed by atoms with Crippen molar-refractivity contribution >= 4 is 21.5 Å². The number of hydrogen-bond acceptors (Lipinski definition) is 3. The summed E-state index contributed by atoms with van der Waals surface area (Å²) in [5, 5.41) is 5.05. The highest BCUT2D eigenvalue weighted by molar-refractivity contribution is 5.85. The van der Waals surface area contributed by atoms with Crippen molar-refractivity contribution in [2.24, 2.45) is 0 Å². The average molecular weight is 383 g/mol. The Labute approximate surface area is 171 Å². The maximum atomic E-state index is 6.42. The fraction of sp³-hybridized carbons (Fsp3) is 0.269. The van der Waals surface area contributed by atoms with E-state index in [1.807, 2.05) is 12.4 Å². The lowest BCUT2D eigenvalue weighted by Gasteiger charge is -2.32. The molecule has 0 radical (unpaired) electrons. The number of hydrogen-bond donors (Lipinski definition) is 0. The second-order valence-corrected chi connectivity index (χ2v) is 8.07. The van der Waals surface area contributed by atoms with Crippen LogP contribution >= 0.6 is 0 Å². The Kier molecular flexibility index (Phi) is 4.91. The van der Waals surface area contributed by atoms with Gasteiger partial charge in [0.05, 0.1) is 0 Å². The summed E-state index contributed by atoms with van der Waals surface area (Å²) >= 11 is 0. The fourth-order valence-electron chi connectivity index (χ4n) is 4.39. The molecular weight excluding hydrogens is 356 g/mol. The summed E-state index contributed by atoms with van der Waals surface area (Å²) in [6.07, 6.45) is 6.18. The number of benzene rings is 3. The summed E-state index contributed by atoms with van der Waals surface area (Å²) in [5.41, 5.74) is 2.60. The number of likely N-dealkylation sites (tertiary alicyclic amines) is 1. The summed E-state index contributed by atoms with van der Waals surface area (Å²) in [6, 6.07) is 21.7. The number of rotatable bonds is 4. The van der Waals surface area contributed by atoms with E-state index < -0.39 is 0 Å². The van der Waals surface area contributed by atoms with E-state index in [2.05, 4.69) is 77.5 Å². The van der Waals surface area contributed by atoms with Gasteiger partial charge in [-0.3, -0.25) is 9.88 Å². The minimum atomic E-state index is 0.289. The van der Waals surface area contributed by atoms with Crippen LogP contribution in [-0.2, 0) is 6.54 Å².